The van der Waals surface area contributed by atoms with Crippen LogP contribution < -0.4 is 9.62 Å². The third-order valence-corrected chi connectivity index (χ3v) is 7.44. The van der Waals surface area contributed by atoms with Gasteiger partial charge in [0, 0.05) is 18.3 Å². The van der Waals surface area contributed by atoms with E-state index in [-0.39, 0.29) is 23.1 Å². The highest BCUT2D eigenvalue weighted by atomic mass is 32.2. The van der Waals surface area contributed by atoms with E-state index in [9.17, 15) is 48.3 Å². The molecule has 1 atom stereocenters. The maximum absolute atomic E-state index is 13.1. The number of aryl methyl sites for hydroxylation is 1. The Morgan fingerprint density at radius 2 is 1.82 bits per heavy atom. The molecule has 0 amide bonds. The number of carbonyl (C=O) groups excluding carboxylic acids is 1. The molecule has 3 rings (SSSR count). The lowest BCUT2D eigenvalue weighted by atomic mass is 9.95. The van der Waals surface area contributed by atoms with Gasteiger partial charge in [0.15, 0.2) is 0 Å². The summed E-state index contributed by atoms with van der Waals surface area (Å²) in [5.74, 6) is -2.17. The molecule has 222 valence electrons. The summed E-state index contributed by atoms with van der Waals surface area (Å²) in [6.07, 6.45) is -9.28. The monoisotopic (exact) mass is 624 g/mol. The van der Waals surface area contributed by atoms with E-state index in [1.54, 1.807) is 0 Å². The number of fused-ring (bicyclic) bond motifs is 1. The van der Waals surface area contributed by atoms with Gasteiger partial charge in [0.25, 0.3) is 5.13 Å². The first-order valence-electron chi connectivity index (χ1n) is 11.3. The lowest BCUT2D eigenvalue weighted by molar-refractivity contribution is -0.370. The van der Waals surface area contributed by atoms with Crippen molar-refractivity contribution in [3.8, 4) is 0 Å². The Labute approximate surface area is 225 Å². The van der Waals surface area contributed by atoms with E-state index in [1.807, 2.05) is 18.7 Å². The van der Waals surface area contributed by atoms with Crippen LogP contribution in [0.5, 0.6) is 0 Å². The van der Waals surface area contributed by atoms with Gasteiger partial charge in [-0.3, -0.25) is 4.72 Å². The minimum Gasteiger partial charge on any atom is -0.388 e. The van der Waals surface area contributed by atoms with E-state index >= 15 is 0 Å². The van der Waals surface area contributed by atoms with Crippen molar-refractivity contribution >= 4 is 49.5 Å². The number of esters is 1. The topological polar surface area (TPSA) is 126 Å². The van der Waals surface area contributed by atoms with Crippen LogP contribution in [0.3, 0.4) is 0 Å². The quantitative estimate of drug-likeness (QED) is 0.193. The number of anilines is 2. The second kappa shape index (κ2) is 11.4. The molecule has 1 aromatic carbocycles. The first kappa shape index (κ1) is 31.4. The molecule has 1 aliphatic rings. The SMILES string of the molecule is CCCCN1c2cc(NS(=O)(=O)C(F)(F)F)c(N=Nc3nnc(C(=O)OC(F)(F)C(F)(F)F)s3)cc2CCC1C. The van der Waals surface area contributed by atoms with Crippen LogP contribution in [0.15, 0.2) is 22.4 Å². The number of benzene rings is 1. The molecule has 20 heteroatoms. The average Bonchev–Trinajstić information content (AvgIpc) is 3.30. The molecule has 1 aliphatic heterocycles. The number of aromatic nitrogens is 2. The maximum Gasteiger partial charge on any atom is 0.516 e. The summed E-state index contributed by atoms with van der Waals surface area (Å²) in [6.45, 7) is 4.41. The molecule has 1 unspecified atom stereocenters. The Hall–Kier alpha value is -3.16. The molecule has 0 spiro atoms. The Morgan fingerprint density at radius 1 is 1.15 bits per heavy atom. The normalized spacial score (nSPS) is 16.8. The molecular weight excluding hydrogens is 604 g/mol. The number of halogens is 8. The number of alkyl halides is 8. The second-order valence-corrected chi connectivity index (χ2v) is 11.1. The number of rotatable bonds is 9. The van der Waals surface area contributed by atoms with Gasteiger partial charge in [-0.2, -0.15) is 43.5 Å². The fraction of sp³-hybridized carbons (Fsp3) is 0.550. The van der Waals surface area contributed by atoms with Crippen LogP contribution in [0.25, 0.3) is 0 Å². The van der Waals surface area contributed by atoms with Gasteiger partial charge < -0.3 is 9.64 Å². The summed E-state index contributed by atoms with van der Waals surface area (Å²) in [5, 5.41) is 12.0. The van der Waals surface area contributed by atoms with E-state index in [0.29, 0.717) is 30.6 Å². The molecule has 0 fully saturated rings. The van der Waals surface area contributed by atoms with Crippen LogP contribution in [0.2, 0.25) is 0 Å². The van der Waals surface area contributed by atoms with Gasteiger partial charge in [-0.15, -0.1) is 20.4 Å². The van der Waals surface area contributed by atoms with Gasteiger partial charge in [0.05, 0.1) is 5.69 Å². The van der Waals surface area contributed by atoms with E-state index in [4.69, 9.17) is 0 Å². The van der Waals surface area contributed by atoms with Crippen molar-refractivity contribution in [2.75, 3.05) is 16.2 Å². The average molecular weight is 625 g/mol. The number of nitrogens with one attached hydrogen (secondary N) is 1. The van der Waals surface area contributed by atoms with Crippen LogP contribution in [0.1, 0.15) is 48.5 Å². The van der Waals surface area contributed by atoms with E-state index in [0.717, 1.165) is 12.8 Å². The molecule has 1 N–H and O–H groups in total. The van der Waals surface area contributed by atoms with Gasteiger partial charge in [-0.1, -0.05) is 24.7 Å². The van der Waals surface area contributed by atoms with Crippen molar-refractivity contribution in [3.05, 3.63) is 22.7 Å². The van der Waals surface area contributed by atoms with E-state index in [2.05, 4.69) is 25.2 Å². The molecule has 0 radical (unpaired) electrons. The number of azo groups is 1. The number of hydrogen-bond donors (Lipinski definition) is 1. The minimum absolute atomic E-state index is 0.00268. The largest absolute Gasteiger partial charge is 0.516 e. The van der Waals surface area contributed by atoms with Gasteiger partial charge in [0.2, 0.25) is 5.01 Å². The Morgan fingerprint density at radius 3 is 2.42 bits per heavy atom. The molecule has 0 aliphatic carbocycles. The number of nitrogens with zero attached hydrogens (tertiary/aromatic N) is 5. The predicted molar refractivity (Wildman–Crippen MR) is 126 cm³/mol. The highest BCUT2D eigenvalue weighted by molar-refractivity contribution is 7.93. The number of hydrogen-bond acceptors (Lipinski definition) is 10. The molecule has 1 aromatic heterocycles. The smallest absolute Gasteiger partial charge is 0.388 e. The van der Waals surface area contributed by atoms with Gasteiger partial charge in [-0.25, -0.2) is 4.79 Å². The third-order valence-electron chi connectivity index (χ3n) is 5.55. The maximum atomic E-state index is 13.1. The number of carbonyl (C=O) groups is 1. The molecular formula is C20H20F8N6O4S2. The van der Waals surface area contributed by atoms with Crippen LogP contribution in [-0.2, 0) is 21.2 Å². The van der Waals surface area contributed by atoms with E-state index in [1.165, 1.54) is 16.9 Å². The van der Waals surface area contributed by atoms with Crippen molar-refractivity contribution in [2.24, 2.45) is 10.2 Å². The van der Waals surface area contributed by atoms with Crippen LogP contribution in [-0.4, -0.2) is 55.0 Å². The van der Waals surface area contributed by atoms with Crippen molar-refractivity contribution in [1.29, 1.82) is 0 Å². The third kappa shape index (κ3) is 6.94. The zero-order valence-corrected chi connectivity index (χ0v) is 22.1. The highest BCUT2D eigenvalue weighted by Crippen LogP contribution is 2.41. The molecule has 2 aromatic rings. The zero-order chi connectivity index (χ0) is 30.1. The minimum atomic E-state index is -6.19. The zero-order valence-electron chi connectivity index (χ0n) is 20.5. The summed E-state index contributed by atoms with van der Waals surface area (Å²) in [7, 11) is -5.89. The first-order valence-corrected chi connectivity index (χ1v) is 13.6. The second-order valence-electron chi connectivity index (χ2n) is 8.48. The number of unbranched alkanes of at least 4 members (excludes halogenated alkanes) is 1. The lowest BCUT2D eigenvalue weighted by Gasteiger charge is -2.37. The number of sulfonamides is 1. The molecule has 10 nitrogen and oxygen atoms in total. The van der Waals surface area contributed by atoms with Crippen LogP contribution in [0, 0.1) is 0 Å². The molecule has 40 heavy (non-hydrogen) atoms. The summed E-state index contributed by atoms with van der Waals surface area (Å²) >= 11 is 0.0886. The highest BCUT2D eigenvalue weighted by Gasteiger charge is 2.62. The van der Waals surface area contributed by atoms with Gasteiger partial charge in [-0.05, 0) is 43.9 Å². The number of ether oxygens (including phenoxy) is 1. The van der Waals surface area contributed by atoms with Gasteiger partial charge in [0.1, 0.15) is 5.69 Å². The Balaban J connectivity index is 1.97. The van der Waals surface area contributed by atoms with E-state index < -0.39 is 49.6 Å². The Kier molecular flexibility index (Phi) is 8.92. The van der Waals surface area contributed by atoms with Crippen LogP contribution in [0.4, 0.5) is 57.3 Å². The molecule has 0 saturated carbocycles. The van der Waals surface area contributed by atoms with Crippen molar-refractivity contribution in [1.82, 2.24) is 10.2 Å². The standard InChI is InChI=1S/C20H20F8N6O4S2/c1-3-4-7-34-10(2)5-6-11-8-12(13(9-14(11)34)33-40(36,37)20(26,27)28)29-31-17-32-30-15(39-17)16(35)38-19(24,25)18(21,22)23/h8-10,33H,3-7H2,1-2H3. The predicted octanol–water partition coefficient (Wildman–Crippen LogP) is 6.47. The fourth-order valence-corrected chi connectivity index (χ4v) is 4.65. The molecule has 2 heterocycles. The molecule has 0 saturated heterocycles. The van der Waals surface area contributed by atoms with Crippen LogP contribution >= 0.6 is 11.3 Å². The van der Waals surface area contributed by atoms with Gasteiger partial charge >= 0.3 is 33.8 Å². The summed E-state index contributed by atoms with van der Waals surface area (Å²) in [6, 6.07) is 2.49. The van der Waals surface area contributed by atoms with Crippen molar-refractivity contribution in [3.63, 3.8) is 0 Å². The Bertz CT molecular complexity index is 1380. The van der Waals surface area contributed by atoms with Crippen molar-refractivity contribution < 1.29 is 53.1 Å². The summed E-state index contributed by atoms with van der Waals surface area (Å²) < 4.78 is 130. The molecule has 0 bridgehead atoms. The first-order chi connectivity index (χ1) is 18.4. The summed E-state index contributed by atoms with van der Waals surface area (Å²) in [4.78, 5) is 13.6. The fourth-order valence-electron chi connectivity index (χ4n) is 3.53. The lowest BCUT2D eigenvalue weighted by Crippen LogP contribution is -2.40. The summed E-state index contributed by atoms with van der Waals surface area (Å²) in [5.41, 5.74) is -5.55. The van der Waals surface area contributed by atoms with Crippen molar-refractivity contribution in [2.45, 2.75) is 63.4 Å².